The number of anilines is 1. The van der Waals surface area contributed by atoms with Gasteiger partial charge in [-0.25, -0.2) is 0 Å². The lowest BCUT2D eigenvalue weighted by molar-refractivity contribution is 0.102. The van der Waals surface area contributed by atoms with Gasteiger partial charge in [0.15, 0.2) is 0 Å². The molecular weight excluding hydrogens is 283 g/mol. The van der Waals surface area contributed by atoms with Gasteiger partial charge in [0.1, 0.15) is 10.8 Å². The first-order valence-electron chi connectivity index (χ1n) is 5.81. The first-order chi connectivity index (χ1) is 8.88. The van der Waals surface area contributed by atoms with E-state index < -0.39 is 0 Å². The summed E-state index contributed by atoms with van der Waals surface area (Å²) in [6.45, 7) is 5.95. The topological polar surface area (TPSA) is 44.9 Å². The third kappa shape index (κ3) is 2.94. The van der Waals surface area contributed by atoms with Crippen LogP contribution >= 0.6 is 23.2 Å². The lowest BCUT2D eigenvalue weighted by Crippen LogP contribution is -2.14. The maximum Gasteiger partial charge on any atom is 0.272 e. The quantitative estimate of drug-likeness (QED) is 0.842. The predicted molar refractivity (Wildman–Crippen MR) is 79.4 cm³/mol. The summed E-state index contributed by atoms with van der Waals surface area (Å²) in [5, 5.41) is 3.48. The molecule has 0 fully saturated rings. The van der Waals surface area contributed by atoms with Crippen LogP contribution in [0.15, 0.2) is 18.2 Å². The molecule has 1 heterocycles. The Morgan fingerprint density at radius 2 is 1.68 bits per heavy atom. The maximum atomic E-state index is 12.1. The van der Waals surface area contributed by atoms with E-state index in [9.17, 15) is 4.79 Å². The van der Waals surface area contributed by atoms with Gasteiger partial charge in [-0.1, -0.05) is 40.9 Å². The molecule has 5 heteroatoms. The molecule has 1 amide bonds. The molecule has 0 unspecified atom stereocenters. The van der Waals surface area contributed by atoms with Crippen LogP contribution in [0.25, 0.3) is 0 Å². The molecule has 0 saturated carbocycles. The molecule has 0 radical (unpaired) electrons. The first-order valence-corrected chi connectivity index (χ1v) is 6.57. The zero-order valence-corrected chi connectivity index (χ0v) is 12.4. The molecule has 2 aromatic rings. The summed E-state index contributed by atoms with van der Waals surface area (Å²) < 4.78 is 0. The van der Waals surface area contributed by atoms with Crippen LogP contribution in [0.5, 0.6) is 0 Å². The second-order valence-electron chi connectivity index (χ2n) is 4.57. The summed E-state index contributed by atoms with van der Waals surface area (Å²) >= 11 is 11.6. The summed E-state index contributed by atoms with van der Waals surface area (Å²) in [7, 11) is 0. The molecule has 2 N–H and O–H groups in total. The van der Waals surface area contributed by atoms with Gasteiger partial charge in [-0.2, -0.15) is 0 Å². The van der Waals surface area contributed by atoms with Crippen LogP contribution in [0.1, 0.15) is 27.2 Å². The van der Waals surface area contributed by atoms with Crippen molar-refractivity contribution in [2.75, 3.05) is 5.32 Å². The number of aromatic nitrogens is 1. The van der Waals surface area contributed by atoms with E-state index in [4.69, 9.17) is 23.2 Å². The zero-order valence-electron chi connectivity index (χ0n) is 10.9. The number of hydrogen-bond donors (Lipinski definition) is 2. The van der Waals surface area contributed by atoms with Crippen LogP contribution in [0.2, 0.25) is 10.2 Å². The van der Waals surface area contributed by atoms with E-state index in [0.29, 0.717) is 10.7 Å². The van der Waals surface area contributed by atoms with Gasteiger partial charge in [-0.3, -0.25) is 4.79 Å². The van der Waals surface area contributed by atoms with E-state index in [1.165, 1.54) is 11.6 Å². The Labute approximate surface area is 121 Å². The molecule has 2 rings (SSSR count). The average molecular weight is 297 g/mol. The van der Waals surface area contributed by atoms with Crippen molar-refractivity contribution in [3.05, 3.63) is 50.8 Å². The number of amides is 1. The highest BCUT2D eigenvalue weighted by Crippen LogP contribution is 2.25. The third-order valence-electron chi connectivity index (χ3n) is 2.89. The smallest absolute Gasteiger partial charge is 0.272 e. The Bertz CT molecular complexity index is 604. The minimum atomic E-state index is -0.260. The highest BCUT2D eigenvalue weighted by Gasteiger charge is 2.14. The van der Waals surface area contributed by atoms with Crippen molar-refractivity contribution in [1.82, 2.24) is 4.98 Å². The zero-order chi connectivity index (χ0) is 14.2. The number of benzene rings is 1. The van der Waals surface area contributed by atoms with Gasteiger partial charge < -0.3 is 10.3 Å². The molecule has 100 valence electrons. The number of nitrogens with one attached hydrogen (secondary N) is 2. The number of hydrogen-bond acceptors (Lipinski definition) is 1. The van der Waals surface area contributed by atoms with Crippen LogP contribution in [-0.4, -0.2) is 10.9 Å². The summed E-state index contributed by atoms with van der Waals surface area (Å²) in [4.78, 5) is 14.8. The van der Waals surface area contributed by atoms with Crippen molar-refractivity contribution in [2.45, 2.75) is 20.8 Å². The van der Waals surface area contributed by atoms with Gasteiger partial charge in [-0.05, 0) is 38.0 Å². The van der Waals surface area contributed by atoms with Gasteiger partial charge in [0, 0.05) is 5.69 Å². The normalized spacial score (nSPS) is 10.6. The molecule has 1 aromatic carbocycles. The highest BCUT2D eigenvalue weighted by molar-refractivity contribution is 6.41. The highest BCUT2D eigenvalue weighted by atomic mass is 35.5. The van der Waals surface area contributed by atoms with Gasteiger partial charge >= 0.3 is 0 Å². The van der Waals surface area contributed by atoms with E-state index >= 15 is 0 Å². The number of aryl methyl sites for hydroxylation is 3. The Hall–Kier alpha value is -1.45. The van der Waals surface area contributed by atoms with Crippen LogP contribution < -0.4 is 5.32 Å². The van der Waals surface area contributed by atoms with Gasteiger partial charge in [-0.15, -0.1) is 0 Å². The number of rotatable bonds is 2. The van der Waals surface area contributed by atoms with Crippen molar-refractivity contribution in [3.63, 3.8) is 0 Å². The number of aromatic amines is 1. The molecule has 0 aliphatic rings. The van der Waals surface area contributed by atoms with Gasteiger partial charge in [0.05, 0.1) is 5.02 Å². The van der Waals surface area contributed by atoms with Crippen LogP contribution in [-0.2, 0) is 0 Å². The van der Waals surface area contributed by atoms with E-state index in [0.717, 1.165) is 16.8 Å². The Balaban J connectivity index is 2.29. The van der Waals surface area contributed by atoms with E-state index in [1.54, 1.807) is 0 Å². The first kappa shape index (κ1) is 14.0. The fraction of sp³-hybridized carbons (Fsp3) is 0.214. The van der Waals surface area contributed by atoms with E-state index in [-0.39, 0.29) is 11.1 Å². The summed E-state index contributed by atoms with van der Waals surface area (Å²) in [6.07, 6.45) is 0. The predicted octanol–water partition coefficient (Wildman–Crippen LogP) is 4.50. The van der Waals surface area contributed by atoms with Crippen molar-refractivity contribution in [2.24, 2.45) is 0 Å². The molecule has 0 aliphatic heterocycles. The molecule has 19 heavy (non-hydrogen) atoms. The monoisotopic (exact) mass is 296 g/mol. The molecule has 3 nitrogen and oxygen atoms in total. The number of carbonyl (C=O) groups is 1. The molecular formula is C14H14Cl2N2O. The van der Waals surface area contributed by atoms with E-state index in [1.807, 2.05) is 32.9 Å². The fourth-order valence-electron chi connectivity index (χ4n) is 2.08. The molecule has 0 spiro atoms. The fourth-order valence-corrected chi connectivity index (χ4v) is 2.40. The number of H-pyrrole nitrogens is 1. The van der Waals surface area contributed by atoms with Crippen molar-refractivity contribution < 1.29 is 4.79 Å². The van der Waals surface area contributed by atoms with Crippen LogP contribution in [0.4, 0.5) is 5.69 Å². The van der Waals surface area contributed by atoms with Crippen molar-refractivity contribution in [3.8, 4) is 0 Å². The Morgan fingerprint density at radius 1 is 1.11 bits per heavy atom. The minimum absolute atomic E-state index is 0.260. The standard InChI is InChI=1S/C14H14Cl2N2O/c1-7-4-8(2)12(9(3)5-7)18-14(19)11-6-10(15)13(16)17-11/h4-6,17H,1-3H3,(H,18,19). The Morgan fingerprint density at radius 3 is 2.16 bits per heavy atom. The van der Waals surface area contributed by atoms with Crippen LogP contribution in [0, 0.1) is 20.8 Å². The molecule has 0 atom stereocenters. The summed E-state index contributed by atoms with van der Waals surface area (Å²) in [5.74, 6) is -0.260. The van der Waals surface area contributed by atoms with E-state index in [2.05, 4.69) is 10.3 Å². The number of halogens is 2. The Kier molecular flexibility index (Phi) is 3.88. The maximum absolute atomic E-state index is 12.1. The summed E-state index contributed by atoms with van der Waals surface area (Å²) in [6, 6.07) is 5.56. The molecule has 0 bridgehead atoms. The lowest BCUT2D eigenvalue weighted by Gasteiger charge is -2.12. The van der Waals surface area contributed by atoms with Crippen molar-refractivity contribution >= 4 is 34.8 Å². The van der Waals surface area contributed by atoms with Gasteiger partial charge in [0.2, 0.25) is 0 Å². The largest absolute Gasteiger partial charge is 0.340 e. The second kappa shape index (κ2) is 5.27. The summed E-state index contributed by atoms with van der Waals surface area (Å²) in [5.41, 5.74) is 4.37. The molecule has 1 aromatic heterocycles. The molecule has 0 aliphatic carbocycles. The second-order valence-corrected chi connectivity index (χ2v) is 5.36. The SMILES string of the molecule is Cc1cc(C)c(NC(=O)c2cc(Cl)c(Cl)[nH]2)c(C)c1. The lowest BCUT2D eigenvalue weighted by atomic mass is 10.1. The third-order valence-corrected chi connectivity index (χ3v) is 3.58. The average Bonchev–Trinajstić information content (AvgIpc) is 2.64. The minimum Gasteiger partial charge on any atom is -0.340 e. The van der Waals surface area contributed by atoms with Crippen LogP contribution in [0.3, 0.4) is 0 Å². The molecule has 0 saturated heterocycles. The van der Waals surface area contributed by atoms with Crippen molar-refractivity contribution in [1.29, 1.82) is 0 Å². The van der Waals surface area contributed by atoms with Gasteiger partial charge in [0.25, 0.3) is 5.91 Å². The number of carbonyl (C=O) groups excluding carboxylic acids is 1.